The Morgan fingerprint density at radius 2 is 2.00 bits per heavy atom. The molecule has 0 amide bonds. The Kier molecular flexibility index (Phi) is 5.29. The third-order valence-electron chi connectivity index (χ3n) is 5.24. The molecule has 2 aliphatic rings. The van der Waals surface area contributed by atoms with Gasteiger partial charge in [-0.1, -0.05) is 25.3 Å². The molecule has 5 heteroatoms. The van der Waals surface area contributed by atoms with Crippen LogP contribution in [0.1, 0.15) is 50.5 Å². The zero-order valence-corrected chi connectivity index (χ0v) is 14.3. The topological polar surface area (TPSA) is 65.0 Å². The molecular weight excluding hydrogens is 308 g/mol. The molecule has 24 heavy (non-hydrogen) atoms. The highest BCUT2D eigenvalue weighted by Crippen LogP contribution is 2.43. The van der Waals surface area contributed by atoms with E-state index in [1.165, 1.54) is 0 Å². The number of carboxylic acids is 1. The van der Waals surface area contributed by atoms with Crippen LogP contribution in [0.25, 0.3) is 0 Å². The highest BCUT2D eigenvalue weighted by molar-refractivity contribution is 5.82. The second kappa shape index (κ2) is 7.43. The average Bonchev–Trinajstić information content (AvgIpc) is 2.63. The molecule has 1 heterocycles. The van der Waals surface area contributed by atoms with E-state index in [0.29, 0.717) is 30.9 Å². The molecule has 0 radical (unpaired) electrons. The predicted molar refractivity (Wildman–Crippen MR) is 89.9 cm³/mol. The minimum atomic E-state index is -0.800. The molecule has 1 N–H and O–H groups in total. The van der Waals surface area contributed by atoms with Gasteiger partial charge >= 0.3 is 5.97 Å². The third-order valence-corrected chi connectivity index (χ3v) is 5.24. The van der Waals surface area contributed by atoms with E-state index in [0.717, 1.165) is 44.3 Å². The highest BCUT2D eigenvalue weighted by Gasteiger charge is 2.41. The average molecular weight is 334 g/mol. The van der Waals surface area contributed by atoms with E-state index in [2.05, 4.69) is 0 Å². The molecule has 0 aromatic heterocycles. The van der Waals surface area contributed by atoms with Crippen LogP contribution in [0.4, 0.5) is 0 Å². The Labute approximate surface area is 142 Å². The van der Waals surface area contributed by atoms with E-state index in [1.807, 2.05) is 18.2 Å². The molecule has 1 aliphatic carbocycles. The van der Waals surface area contributed by atoms with Gasteiger partial charge in [0.15, 0.2) is 11.5 Å². The number of hydrogen-bond donors (Lipinski definition) is 1. The predicted octanol–water partition coefficient (Wildman–Crippen LogP) is 3.54. The van der Waals surface area contributed by atoms with Crippen molar-refractivity contribution in [2.75, 3.05) is 20.3 Å². The molecule has 0 bridgehead atoms. The molecule has 1 unspecified atom stereocenters. The van der Waals surface area contributed by atoms with E-state index < -0.39 is 11.4 Å². The molecule has 1 aliphatic heterocycles. The van der Waals surface area contributed by atoms with Gasteiger partial charge in [0.1, 0.15) is 6.10 Å². The molecule has 1 atom stereocenters. The lowest BCUT2D eigenvalue weighted by atomic mass is 9.69. The second-order valence-corrected chi connectivity index (χ2v) is 6.77. The fraction of sp³-hybridized carbons (Fsp3) is 0.632. The second-order valence-electron chi connectivity index (χ2n) is 6.77. The number of hydrogen-bond acceptors (Lipinski definition) is 4. The Bertz CT molecular complexity index is 571. The third kappa shape index (κ3) is 3.36. The maximum Gasteiger partial charge on any atom is 0.314 e. The molecule has 3 rings (SSSR count). The normalized spacial score (nSPS) is 23.5. The van der Waals surface area contributed by atoms with Crippen LogP contribution in [0.15, 0.2) is 18.2 Å². The molecule has 0 spiro atoms. The van der Waals surface area contributed by atoms with Gasteiger partial charge in [0.25, 0.3) is 0 Å². The smallest absolute Gasteiger partial charge is 0.314 e. The van der Waals surface area contributed by atoms with Gasteiger partial charge in [-0.2, -0.15) is 0 Å². The van der Waals surface area contributed by atoms with Gasteiger partial charge in [-0.15, -0.1) is 0 Å². The molecule has 1 aromatic carbocycles. The summed E-state index contributed by atoms with van der Waals surface area (Å²) in [5.41, 5.74) is 0.0216. The van der Waals surface area contributed by atoms with Crippen LogP contribution < -0.4 is 9.47 Å². The van der Waals surface area contributed by atoms with E-state index in [4.69, 9.17) is 14.2 Å². The Morgan fingerprint density at radius 3 is 2.62 bits per heavy atom. The first kappa shape index (κ1) is 17.1. The minimum Gasteiger partial charge on any atom is -0.493 e. The maximum atomic E-state index is 12.0. The van der Waals surface area contributed by atoms with Crippen LogP contribution in [0.5, 0.6) is 11.5 Å². The summed E-state index contributed by atoms with van der Waals surface area (Å²) in [5, 5.41) is 9.89. The first-order valence-corrected chi connectivity index (χ1v) is 8.82. The molecule has 1 saturated heterocycles. The van der Waals surface area contributed by atoms with Crippen LogP contribution in [-0.2, 0) is 14.9 Å². The van der Waals surface area contributed by atoms with Gasteiger partial charge in [0.05, 0.1) is 19.1 Å². The van der Waals surface area contributed by atoms with Crippen molar-refractivity contribution in [1.29, 1.82) is 0 Å². The van der Waals surface area contributed by atoms with Gasteiger partial charge in [0.2, 0.25) is 0 Å². The van der Waals surface area contributed by atoms with Gasteiger partial charge in [-0.3, -0.25) is 4.79 Å². The molecule has 1 saturated carbocycles. The van der Waals surface area contributed by atoms with Crippen molar-refractivity contribution in [2.24, 2.45) is 0 Å². The van der Waals surface area contributed by atoms with Crippen LogP contribution >= 0.6 is 0 Å². The lowest BCUT2D eigenvalue weighted by molar-refractivity contribution is -0.145. The van der Waals surface area contributed by atoms with Crippen molar-refractivity contribution in [3.05, 3.63) is 23.8 Å². The number of carbonyl (C=O) groups is 1. The molecule has 2 fully saturated rings. The minimum absolute atomic E-state index is 0.00460. The summed E-state index contributed by atoms with van der Waals surface area (Å²) in [7, 11) is 1.60. The van der Waals surface area contributed by atoms with Gasteiger partial charge in [0, 0.05) is 6.61 Å². The van der Waals surface area contributed by atoms with Crippen molar-refractivity contribution in [3.63, 3.8) is 0 Å². The number of methoxy groups -OCH3 is 1. The Morgan fingerprint density at radius 1 is 1.21 bits per heavy atom. The summed E-state index contributed by atoms with van der Waals surface area (Å²) in [6.45, 7) is 1.34. The van der Waals surface area contributed by atoms with E-state index >= 15 is 0 Å². The Hall–Kier alpha value is -1.75. The van der Waals surface area contributed by atoms with E-state index in [1.54, 1.807) is 7.11 Å². The SMILES string of the molecule is COc1ccc(C2(C(=O)O)CCCCC2)cc1OC1CCCOC1. The van der Waals surface area contributed by atoms with Crippen LogP contribution in [-0.4, -0.2) is 37.5 Å². The van der Waals surface area contributed by atoms with Crippen molar-refractivity contribution >= 4 is 5.97 Å². The van der Waals surface area contributed by atoms with E-state index in [-0.39, 0.29) is 6.10 Å². The fourth-order valence-electron chi connectivity index (χ4n) is 3.83. The van der Waals surface area contributed by atoms with Gasteiger partial charge < -0.3 is 19.3 Å². The van der Waals surface area contributed by atoms with Gasteiger partial charge in [-0.05, 0) is 43.4 Å². The number of aliphatic carboxylic acids is 1. The molecule has 132 valence electrons. The first-order chi connectivity index (χ1) is 11.7. The zero-order valence-electron chi connectivity index (χ0n) is 14.3. The summed E-state index contributed by atoms with van der Waals surface area (Å²) in [5.74, 6) is 0.525. The highest BCUT2D eigenvalue weighted by atomic mass is 16.5. The lowest BCUT2D eigenvalue weighted by Gasteiger charge is -2.34. The lowest BCUT2D eigenvalue weighted by Crippen LogP contribution is -2.38. The fourth-order valence-corrected chi connectivity index (χ4v) is 3.83. The summed E-state index contributed by atoms with van der Waals surface area (Å²) in [6.07, 6.45) is 6.28. The summed E-state index contributed by atoms with van der Waals surface area (Å²) >= 11 is 0. The van der Waals surface area contributed by atoms with Crippen LogP contribution in [0.3, 0.4) is 0 Å². The van der Waals surface area contributed by atoms with Crippen molar-refractivity contribution in [1.82, 2.24) is 0 Å². The quantitative estimate of drug-likeness (QED) is 0.892. The standard InChI is InChI=1S/C19H26O5/c1-22-16-8-7-14(19(18(20)21)9-3-2-4-10-19)12-17(16)24-15-6-5-11-23-13-15/h7-8,12,15H,2-6,9-11,13H2,1H3,(H,20,21). The molecule has 5 nitrogen and oxygen atoms in total. The van der Waals surface area contributed by atoms with Crippen LogP contribution in [0, 0.1) is 0 Å². The van der Waals surface area contributed by atoms with Crippen molar-refractivity contribution < 1.29 is 24.1 Å². The number of ether oxygens (including phenoxy) is 3. The summed E-state index contributed by atoms with van der Waals surface area (Å²) < 4.78 is 17.0. The van der Waals surface area contributed by atoms with Crippen molar-refractivity contribution in [2.45, 2.75) is 56.5 Å². The summed E-state index contributed by atoms with van der Waals surface area (Å²) in [6, 6.07) is 5.57. The first-order valence-electron chi connectivity index (χ1n) is 8.82. The zero-order chi connectivity index (χ0) is 17.0. The van der Waals surface area contributed by atoms with Gasteiger partial charge in [-0.25, -0.2) is 0 Å². The number of carboxylic acid groups (broad SMARTS) is 1. The van der Waals surface area contributed by atoms with Crippen LogP contribution in [0.2, 0.25) is 0 Å². The maximum absolute atomic E-state index is 12.0. The monoisotopic (exact) mass is 334 g/mol. The molecule has 1 aromatic rings. The Balaban J connectivity index is 1.90. The summed E-state index contributed by atoms with van der Waals surface area (Å²) in [4.78, 5) is 12.0. The molecular formula is C19H26O5. The number of benzene rings is 1. The number of rotatable bonds is 5. The van der Waals surface area contributed by atoms with E-state index in [9.17, 15) is 9.90 Å². The van der Waals surface area contributed by atoms with Crippen molar-refractivity contribution in [3.8, 4) is 11.5 Å². The largest absolute Gasteiger partial charge is 0.493 e.